The summed E-state index contributed by atoms with van der Waals surface area (Å²) < 4.78 is 10.1. The van der Waals surface area contributed by atoms with E-state index in [1.165, 1.54) is 12.1 Å². The number of non-ortho nitro benzene ring substituents is 1. The van der Waals surface area contributed by atoms with Crippen molar-refractivity contribution < 1.29 is 14.2 Å². The van der Waals surface area contributed by atoms with Gasteiger partial charge in [-0.1, -0.05) is 11.2 Å². The number of hydrogen-bond acceptors (Lipinski definition) is 6. The minimum atomic E-state index is -0.482. The number of aryl methyl sites for hydroxylation is 1. The maximum absolute atomic E-state index is 10.5. The number of ether oxygens (including phenoxy) is 1. The molecule has 0 amide bonds. The van der Waals surface area contributed by atoms with Gasteiger partial charge in [-0.15, -0.1) is 0 Å². The second-order valence-corrected chi connectivity index (χ2v) is 3.28. The van der Waals surface area contributed by atoms with Crippen LogP contribution in [0.1, 0.15) is 11.7 Å². The van der Waals surface area contributed by atoms with E-state index < -0.39 is 4.92 Å². The molecule has 0 spiro atoms. The van der Waals surface area contributed by atoms with Crippen molar-refractivity contribution in [2.75, 3.05) is 0 Å². The number of benzene rings is 1. The van der Waals surface area contributed by atoms with Crippen molar-refractivity contribution in [1.82, 2.24) is 10.1 Å². The summed E-state index contributed by atoms with van der Waals surface area (Å²) in [5.41, 5.74) is -0.0239. The zero-order valence-electron chi connectivity index (χ0n) is 8.99. The summed E-state index contributed by atoms with van der Waals surface area (Å²) in [6.07, 6.45) is 0. The second-order valence-electron chi connectivity index (χ2n) is 3.28. The first-order chi connectivity index (χ1) is 8.15. The lowest BCUT2D eigenvalue weighted by molar-refractivity contribution is -0.384. The maximum Gasteiger partial charge on any atom is 0.273 e. The molecular formula is C10H9N3O4. The first-order valence-electron chi connectivity index (χ1n) is 4.81. The molecule has 0 aliphatic carbocycles. The van der Waals surface area contributed by atoms with E-state index >= 15 is 0 Å². The fourth-order valence-electron chi connectivity index (χ4n) is 1.23. The van der Waals surface area contributed by atoms with Gasteiger partial charge in [-0.2, -0.15) is 4.98 Å². The highest BCUT2D eigenvalue weighted by molar-refractivity contribution is 5.37. The van der Waals surface area contributed by atoms with E-state index in [0.29, 0.717) is 17.5 Å². The summed E-state index contributed by atoms with van der Waals surface area (Å²) in [6.45, 7) is 1.78. The normalized spacial score (nSPS) is 10.2. The minimum Gasteiger partial charge on any atom is -0.484 e. The van der Waals surface area contributed by atoms with Gasteiger partial charge in [-0.25, -0.2) is 0 Å². The molecule has 1 aromatic carbocycles. The van der Waals surface area contributed by atoms with Crippen molar-refractivity contribution >= 4 is 5.69 Å². The molecule has 17 heavy (non-hydrogen) atoms. The van der Waals surface area contributed by atoms with Gasteiger partial charge in [-0.05, 0) is 13.0 Å². The number of nitro benzene ring substituents is 1. The van der Waals surface area contributed by atoms with Crippen LogP contribution in [-0.2, 0) is 6.61 Å². The Labute approximate surface area is 96.2 Å². The van der Waals surface area contributed by atoms with Crippen LogP contribution in [0, 0.1) is 17.0 Å². The Morgan fingerprint density at radius 3 is 3.00 bits per heavy atom. The Morgan fingerprint density at radius 2 is 2.35 bits per heavy atom. The lowest BCUT2D eigenvalue weighted by atomic mass is 10.3. The van der Waals surface area contributed by atoms with Gasteiger partial charge in [0.2, 0.25) is 0 Å². The van der Waals surface area contributed by atoms with E-state index in [4.69, 9.17) is 9.26 Å². The third kappa shape index (κ3) is 2.77. The average Bonchev–Trinajstić information content (AvgIpc) is 2.73. The van der Waals surface area contributed by atoms with E-state index in [1.807, 2.05) is 0 Å². The van der Waals surface area contributed by atoms with Crippen molar-refractivity contribution in [3.8, 4) is 5.75 Å². The Morgan fingerprint density at radius 1 is 1.53 bits per heavy atom. The largest absolute Gasteiger partial charge is 0.484 e. The molecule has 1 aromatic heterocycles. The molecule has 7 nitrogen and oxygen atoms in total. The van der Waals surface area contributed by atoms with Crippen LogP contribution in [0.2, 0.25) is 0 Å². The zero-order chi connectivity index (χ0) is 12.3. The molecule has 0 atom stereocenters. The van der Waals surface area contributed by atoms with Crippen LogP contribution >= 0.6 is 0 Å². The summed E-state index contributed by atoms with van der Waals surface area (Å²) in [5.74, 6) is 1.23. The number of aromatic nitrogens is 2. The zero-order valence-corrected chi connectivity index (χ0v) is 8.99. The van der Waals surface area contributed by atoms with Crippen LogP contribution in [0.15, 0.2) is 28.8 Å². The topological polar surface area (TPSA) is 91.3 Å². The van der Waals surface area contributed by atoms with Crippen molar-refractivity contribution in [1.29, 1.82) is 0 Å². The molecule has 0 aliphatic rings. The number of nitro groups is 1. The molecule has 1 heterocycles. The van der Waals surface area contributed by atoms with E-state index in [0.717, 1.165) is 0 Å². The highest BCUT2D eigenvalue weighted by Crippen LogP contribution is 2.19. The quantitative estimate of drug-likeness (QED) is 0.593. The van der Waals surface area contributed by atoms with Gasteiger partial charge in [0.05, 0.1) is 11.0 Å². The Kier molecular flexibility index (Phi) is 2.99. The maximum atomic E-state index is 10.5. The molecule has 0 saturated carbocycles. The van der Waals surface area contributed by atoms with Crippen LogP contribution in [0.25, 0.3) is 0 Å². The predicted molar refractivity (Wildman–Crippen MR) is 56.5 cm³/mol. The molecule has 7 heteroatoms. The monoisotopic (exact) mass is 235 g/mol. The van der Waals surface area contributed by atoms with E-state index in [1.54, 1.807) is 19.1 Å². The van der Waals surface area contributed by atoms with E-state index in [-0.39, 0.29) is 12.3 Å². The van der Waals surface area contributed by atoms with Crippen molar-refractivity contribution in [3.63, 3.8) is 0 Å². The molecule has 0 fully saturated rings. The van der Waals surface area contributed by atoms with Crippen LogP contribution in [-0.4, -0.2) is 15.1 Å². The number of hydrogen-bond donors (Lipinski definition) is 0. The third-order valence-corrected chi connectivity index (χ3v) is 1.96. The van der Waals surface area contributed by atoms with Crippen molar-refractivity contribution in [2.45, 2.75) is 13.5 Å². The lowest BCUT2D eigenvalue weighted by Gasteiger charge is -2.01. The summed E-state index contributed by atoms with van der Waals surface area (Å²) >= 11 is 0. The smallest absolute Gasteiger partial charge is 0.273 e. The average molecular weight is 235 g/mol. The van der Waals surface area contributed by atoms with Gasteiger partial charge in [0.25, 0.3) is 11.6 Å². The van der Waals surface area contributed by atoms with Gasteiger partial charge in [-0.3, -0.25) is 10.1 Å². The molecule has 0 aliphatic heterocycles. The van der Waals surface area contributed by atoms with Crippen molar-refractivity contribution in [2.24, 2.45) is 0 Å². The van der Waals surface area contributed by atoms with Gasteiger partial charge >= 0.3 is 0 Å². The highest BCUT2D eigenvalue weighted by atomic mass is 16.6. The van der Waals surface area contributed by atoms with Crippen LogP contribution in [0.3, 0.4) is 0 Å². The minimum absolute atomic E-state index is 0.0239. The Balaban J connectivity index is 2.04. The third-order valence-electron chi connectivity index (χ3n) is 1.96. The summed E-state index contributed by atoms with van der Waals surface area (Å²) in [6, 6.07) is 5.90. The Bertz CT molecular complexity index is 538. The Hall–Kier alpha value is -2.44. The number of nitrogens with zero attached hydrogens (tertiary/aromatic N) is 3. The molecule has 0 bridgehead atoms. The molecule has 0 unspecified atom stereocenters. The SMILES string of the molecule is Cc1noc(COc2cccc([N+](=O)[O-])c2)n1. The fraction of sp³-hybridized carbons (Fsp3) is 0.200. The standard InChI is InChI=1S/C10H9N3O4/c1-7-11-10(17-12-7)6-16-9-4-2-3-8(5-9)13(14)15/h2-5H,6H2,1H3. The van der Waals surface area contributed by atoms with Crippen LogP contribution in [0.5, 0.6) is 5.75 Å². The summed E-state index contributed by atoms with van der Waals surface area (Å²) in [4.78, 5) is 14.0. The lowest BCUT2D eigenvalue weighted by Crippen LogP contribution is -1.96. The molecule has 2 rings (SSSR count). The first kappa shape index (κ1) is 11.1. The van der Waals surface area contributed by atoms with Crippen molar-refractivity contribution in [3.05, 3.63) is 46.1 Å². The predicted octanol–water partition coefficient (Wildman–Crippen LogP) is 1.87. The highest BCUT2D eigenvalue weighted by Gasteiger charge is 2.08. The second kappa shape index (κ2) is 4.60. The molecule has 0 saturated heterocycles. The molecule has 0 N–H and O–H groups in total. The van der Waals surface area contributed by atoms with Gasteiger partial charge in [0, 0.05) is 6.07 Å². The van der Waals surface area contributed by atoms with Gasteiger partial charge < -0.3 is 9.26 Å². The number of rotatable bonds is 4. The van der Waals surface area contributed by atoms with E-state index in [9.17, 15) is 10.1 Å². The van der Waals surface area contributed by atoms with Crippen LogP contribution < -0.4 is 4.74 Å². The first-order valence-corrected chi connectivity index (χ1v) is 4.81. The summed E-state index contributed by atoms with van der Waals surface area (Å²) in [7, 11) is 0. The fourth-order valence-corrected chi connectivity index (χ4v) is 1.23. The molecule has 88 valence electrons. The summed E-state index contributed by atoms with van der Waals surface area (Å²) in [5, 5.41) is 14.1. The molecule has 2 aromatic rings. The van der Waals surface area contributed by atoms with Gasteiger partial charge in [0.1, 0.15) is 5.75 Å². The molecule has 0 radical (unpaired) electrons. The van der Waals surface area contributed by atoms with Gasteiger partial charge in [0.15, 0.2) is 12.4 Å². The van der Waals surface area contributed by atoms with E-state index in [2.05, 4.69) is 10.1 Å². The van der Waals surface area contributed by atoms with Crippen LogP contribution in [0.4, 0.5) is 5.69 Å². The molecular weight excluding hydrogens is 226 g/mol.